The first kappa shape index (κ1) is 19.4. The molecule has 0 unspecified atom stereocenters. The Bertz CT molecular complexity index is 986. The molecule has 1 aromatic carbocycles. The summed E-state index contributed by atoms with van der Waals surface area (Å²) in [5.41, 5.74) is 1.79. The van der Waals surface area contributed by atoms with Crippen LogP contribution in [0.15, 0.2) is 51.6 Å². The van der Waals surface area contributed by atoms with Crippen LogP contribution in [-0.4, -0.2) is 29.1 Å². The molecule has 3 aromatic rings. The van der Waals surface area contributed by atoms with E-state index < -0.39 is 5.54 Å². The van der Waals surface area contributed by atoms with E-state index in [4.69, 9.17) is 8.94 Å². The van der Waals surface area contributed by atoms with E-state index in [0.717, 1.165) is 11.1 Å². The Hall–Kier alpha value is -3.35. The van der Waals surface area contributed by atoms with Crippen molar-refractivity contribution in [2.75, 3.05) is 6.54 Å². The molecular formula is C21H23N3O4. The second-order valence-corrected chi connectivity index (χ2v) is 7.30. The number of aromatic nitrogens is 1. The first-order chi connectivity index (χ1) is 13.3. The molecule has 7 nitrogen and oxygen atoms in total. The summed E-state index contributed by atoms with van der Waals surface area (Å²) < 4.78 is 10.6. The highest BCUT2D eigenvalue weighted by Gasteiger charge is 2.27. The number of nitrogens with zero attached hydrogens (tertiary/aromatic N) is 1. The number of benzene rings is 1. The maximum Gasteiger partial charge on any atom is 0.287 e. The van der Waals surface area contributed by atoms with Crippen molar-refractivity contribution in [2.24, 2.45) is 0 Å². The highest BCUT2D eigenvalue weighted by molar-refractivity contribution is 5.96. The van der Waals surface area contributed by atoms with Gasteiger partial charge in [-0.05, 0) is 33.8 Å². The van der Waals surface area contributed by atoms with Crippen LogP contribution in [0.2, 0.25) is 0 Å². The number of carbonyl (C=O) groups is 2. The van der Waals surface area contributed by atoms with Crippen LogP contribution in [-0.2, 0) is 0 Å². The van der Waals surface area contributed by atoms with Crippen molar-refractivity contribution in [1.29, 1.82) is 0 Å². The molecule has 0 saturated carbocycles. The molecule has 0 spiro atoms. The maximum absolute atomic E-state index is 12.7. The molecule has 3 rings (SSSR count). The second kappa shape index (κ2) is 7.72. The highest BCUT2D eigenvalue weighted by atomic mass is 16.5. The quantitative estimate of drug-likeness (QED) is 0.681. The van der Waals surface area contributed by atoms with Gasteiger partial charge in [0.2, 0.25) is 0 Å². The Kier molecular flexibility index (Phi) is 5.35. The molecule has 0 bridgehead atoms. The van der Waals surface area contributed by atoms with Gasteiger partial charge in [-0.1, -0.05) is 35.5 Å². The van der Waals surface area contributed by atoms with Crippen LogP contribution in [0.3, 0.4) is 0 Å². The molecular weight excluding hydrogens is 358 g/mol. The van der Waals surface area contributed by atoms with Crippen LogP contribution in [0.5, 0.6) is 0 Å². The Morgan fingerprint density at radius 2 is 1.79 bits per heavy atom. The Morgan fingerprint density at radius 3 is 2.43 bits per heavy atom. The minimum absolute atomic E-state index is 0.222. The number of nitrogens with one attached hydrogen (secondary N) is 2. The lowest BCUT2D eigenvalue weighted by atomic mass is 10.0. The van der Waals surface area contributed by atoms with Gasteiger partial charge in [0.1, 0.15) is 0 Å². The fraction of sp³-hybridized carbons (Fsp3) is 0.286. The lowest BCUT2D eigenvalue weighted by molar-refractivity contribution is 0.0864. The SMILES string of the molecule is Cc1ccoc1C(=O)NCC(C)(C)NC(=O)c1noc(-c2ccccc2)c1C. The van der Waals surface area contributed by atoms with E-state index in [9.17, 15) is 9.59 Å². The van der Waals surface area contributed by atoms with Gasteiger partial charge in [-0.2, -0.15) is 0 Å². The standard InChI is InChI=1S/C21H23N3O4/c1-13-10-11-27-17(13)20(26)22-12-21(3,4)23-19(25)16-14(2)18(28-24-16)15-8-6-5-7-9-15/h5-11H,12H2,1-4H3,(H,22,26)(H,23,25). The van der Waals surface area contributed by atoms with Gasteiger partial charge in [0, 0.05) is 23.2 Å². The van der Waals surface area contributed by atoms with E-state index in [0.29, 0.717) is 11.3 Å². The number of rotatable bonds is 6. The number of amides is 2. The van der Waals surface area contributed by atoms with Crippen molar-refractivity contribution >= 4 is 11.8 Å². The molecule has 28 heavy (non-hydrogen) atoms. The summed E-state index contributed by atoms with van der Waals surface area (Å²) in [5.74, 6) is 0.137. The van der Waals surface area contributed by atoms with Crippen LogP contribution in [0.1, 0.15) is 46.0 Å². The van der Waals surface area contributed by atoms with E-state index in [1.54, 1.807) is 19.9 Å². The van der Waals surface area contributed by atoms with Crippen molar-refractivity contribution in [1.82, 2.24) is 15.8 Å². The summed E-state index contributed by atoms with van der Waals surface area (Å²) in [6.45, 7) is 7.44. The summed E-state index contributed by atoms with van der Waals surface area (Å²) in [5, 5.41) is 9.60. The minimum atomic E-state index is -0.703. The molecule has 0 aliphatic rings. The Morgan fingerprint density at radius 1 is 1.07 bits per heavy atom. The van der Waals surface area contributed by atoms with E-state index in [1.165, 1.54) is 6.26 Å². The fourth-order valence-corrected chi connectivity index (χ4v) is 2.80. The zero-order chi connectivity index (χ0) is 20.3. The van der Waals surface area contributed by atoms with Crippen LogP contribution < -0.4 is 10.6 Å². The lowest BCUT2D eigenvalue weighted by Gasteiger charge is -2.26. The zero-order valence-corrected chi connectivity index (χ0v) is 16.3. The third-order valence-corrected chi connectivity index (χ3v) is 4.39. The Balaban J connectivity index is 1.66. The van der Waals surface area contributed by atoms with Gasteiger partial charge in [0.15, 0.2) is 17.2 Å². The highest BCUT2D eigenvalue weighted by Crippen LogP contribution is 2.25. The summed E-state index contributed by atoms with van der Waals surface area (Å²) >= 11 is 0. The number of hydrogen-bond donors (Lipinski definition) is 2. The first-order valence-corrected chi connectivity index (χ1v) is 8.95. The number of carbonyl (C=O) groups excluding carboxylic acids is 2. The van der Waals surface area contributed by atoms with Gasteiger partial charge in [0.05, 0.1) is 11.8 Å². The van der Waals surface area contributed by atoms with Gasteiger partial charge < -0.3 is 19.6 Å². The molecule has 2 heterocycles. The minimum Gasteiger partial charge on any atom is -0.459 e. The molecule has 0 atom stereocenters. The van der Waals surface area contributed by atoms with Crippen molar-refractivity contribution in [2.45, 2.75) is 33.2 Å². The monoisotopic (exact) mass is 381 g/mol. The maximum atomic E-state index is 12.7. The van der Waals surface area contributed by atoms with Gasteiger partial charge in [-0.25, -0.2) is 0 Å². The molecule has 2 N–H and O–H groups in total. The predicted molar refractivity (Wildman–Crippen MR) is 104 cm³/mol. The molecule has 7 heteroatoms. The Labute approximate surface area is 163 Å². The van der Waals surface area contributed by atoms with E-state index in [1.807, 2.05) is 44.2 Å². The average molecular weight is 381 g/mol. The topological polar surface area (TPSA) is 97.4 Å². The summed E-state index contributed by atoms with van der Waals surface area (Å²) in [7, 11) is 0. The third-order valence-electron chi connectivity index (χ3n) is 4.39. The summed E-state index contributed by atoms with van der Waals surface area (Å²) in [6.07, 6.45) is 1.47. The lowest BCUT2D eigenvalue weighted by Crippen LogP contribution is -2.51. The zero-order valence-electron chi connectivity index (χ0n) is 16.3. The van der Waals surface area contributed by atoms with Gasteiger partial charge in [-0.15, -0.1) is 0 Å². The molecule has 0 aliphatic heterocycles. The second-order valence-electron chi connectivity index (χ2n) is 7.30. The van der Waals surface area contributed by atoms with Crippen molar-refractivity contribution in [3.8, 4) is 11.3 Å². The van der Waals surface area contributed by atoms with E-state index in [-0.39, 0.29) is 29.8 Å². The first-order valence-electron chi connectivity index (χ1n) is 8.95. The average Bonchev–Trinajstić information content (AvgIpc) is 3.26. The van der Waals surface area contributed by atoms with Crippen LogP contribution >= 0.6 is 0 Å². The van der Waals surface area contributed by atoms with E-state index in [2.05, 4.69) is 15.8 Å². The van der Waals surface area contributed by atoms with Crippen LogP contribution in [0.4, 0.5) is 0 Å². The van der Waals surface area contributed by atoms with Gasteiger partial charge in [-0.3, -0.25) is 9.59 Å². The summed E-state index contributed by atoms with van der Waals surface area (Å²) in [6, 6.07) is 11.2. The van der Waals surface area contributed by atoms with E-state index >= 15 is 0 Å². The molecule has 2 amide bonds. The van der Waals surface area contributed by atoms with Crippen molar-refractivity contribution in [3.63, 3.8) is 0 Å². The molecule has 146 valence electrons. The summed E-state index contributed by atoms with van der Waals surface area (Å²) in [4.78, 5) is 24.9. The predicted octanol–water partition coefficient (Wildman–Crippen LogP) is 3.49. The molecule has 0 radical (unpaired) electrons. The molecule has 0 fully saturated rings. The van der Waals surface area contributed by atoms with Crippen molar-refractivity contribution < 1.29 is 18.5 Å². The smallest absolute Gasteiger partial charge is 0.287 e. The molecule has 0 saturated heterocycles. The van der Waals surface area contributed by atoms with Gasteiger partial charge in [0.25, 0.3) is 11.8 Å². The van der Waals surface area contributed by atoms with Gasteiger partial charge >= 0.3 is 0 Å². The largest absolute Gasteiger partial charge is 0.459 e. The van der Waals surface area contributed by atoms with Crippen LogP contribution in [0, 0.1) is 13.8 Å². The fourth-order valence-electron chi connectivity index (χ4n) is 2.80. The number of aryl methyl sites for hydroxylation is 1. The molecule has 0 aliphatic carbocycles. The number of hydrogen-bond acceptors (Lipinski definition) is 5. The third kappa shape index (κ3) is 4.14. The molecule has 2 aromatic heterocycles. The normalized spacial score (nSPS) is 11.3. The number of furan rings is 1. The van der Waals surface area contributed by atoms with Crippen LogP contribution in [0.25, 0.3) is 11.3 Å². The van der Waals surface area contributed by atoms with Crippen molar-refractivity contribution in [3.05, 3.63) is 65.2 Å².